The van der Waals surface area contributed by atoms with Crippen molar-refractivity contribution in [2.75, 3.05) is 0 Å². The summed E-state index contributed by atoms with van der Waals surface area (Å²) in [6.07, 6.45) is 0. The third-order valence-corrected chi connectivity index (χ3v) is 13.0. The fraction of sp³-hybridized carbons (Fsp3) is 0. The first-order valence-electron chi connectivity index (χ1n) is 19.3. The van der Waals surface area contributed by atoms with E-state index in [1.165, 1.54) is 74.3 Å². The maximum atomic E-state index is 5.51. The highest BCUT2D eigenvalue weighted by Gasteiger charge is 2.26. The highest BCUT2D eigenvalue weighted by atomic mass is 32.1. The summed E-state index contributed by atoms with van der Waals surface area (Å²) in [6.45, 7) is 0. The lowest BCUT2D eigenvalue weighted by Crippen LogP contribution is -2.04. The Morgan fingerprint density at radius 1 is 0.333 bits per heavy atom. The zero-order chi connectivity index (χ0) is 37.2. The lowest BCUT2D eigenvalue weighted by molar-refractivity contribution is 0.996. The van der Waals surface area contributed by atoms with Crippen molar-refractivity contribution in [3.63, 3.8) is 0 Å². The number of thiophene rings is 1. The lowest BCUT2D eigenvalue weighted by atomic mass is 9.92. The van der Waals surface area contributed by atoms with Crippen LogP contribution in [0, 0.1) is 0 Å². The van der Waals surface area contributed by atoms with Gasteiger partial charge in [-0.1, -0.05) is 127 Å². The minimum atomic E-state index is 0.645. The van der Waals surface area contributed by atoms with Gasteiger partial charge in [0.25, 0.3) is 0 Å². The van der Waals surface area contributed by atoms with E-state index in [0.717, 1.165) is 39.2 Å². The quantitative estimate of drug-likeness (QED) is 0.168. The summed E-state index contributed by atoms with van der Waals surface area (Å²) in [5.41, 5.74) is 9.54. The van der Waals surface area contributed by atoms with Crippen LogP contribution in [0.2, 0.25) is 0 Å². The van der Waals surface area contributed by atoms with Crippen LogP contribution in [0.15, 0.2) is 182 Å². The van der Waals surface area contributed by atoms with Gasteiger partial charge in [0.2, 0.25) is 5.95 Å². The van der Waals surface area contributed by atoms with E-state index in [2.05, 4.69) is 191 Å². The number of nitrogens with zero attached hydrogens (tertiary/aromatic N) is 4. The zero-order valence-electron chi connectivity index (χ0n) is 30.5. The van der Waals surface area contributed by atoms with Crippen molar-refractivity contribution in [1.29, 1.82) is 0 Å². The summed E-state index contributed by atoms with van der Waals surface area (Å²) < 4.78 is 7.31. The minimum absolute atomic E-state index is 0.645. The minimum Gasteiger partial charge on any atom is -0.309 e. The second kappa shape index (κ2) is 11.6. The van der Waals surface area contributed by atoms with E-state index in [9.17, 15) is 0 Å². The molecule has 57 heavy (non-hydrogen) atoms. The summed E-state index contributed by atoms with van der Waals surface area (Å²) in [7, 11) is 0. The molecule has 13 aromatic rings. The van der Waals surface area contributed by atoms with E-state index in [4.69, 9.17) is 9.97 Å². The molecule has 0 fully saturated rings. The standard InChI is InChI=1S/C52H30N4S/c1-3-14-31(15-4-1)40-29-41(32-26-27-47-39(28-32)35-19-10-12-25-46(35)57-47)54-52(53-40)56-42-23-11-9-21-38(42)49-44(56)30-45-51-48-36(34-18-7-8-20-37(34)50(49)51)22-13-24-43(48)55(45)33-16-5-2-6-17-33/h1-30H. The Bertz CT molecular complexity index is 3740. The van der Waals surface area contributed by atoms with Crippen molar-refractivity contribution in [2.45, 2.75) is 0 Å². The van der Waals surface area contributed by atoms with Crippen LogP contribution in [0.5, 0.6) is 0 Å². The average Bonchev–Trinajstić information content (AvgIpc) is 3.93. The Morgan fingerprint density at radius 3 is 1.77 bits per heavy atom. The van der Waals surface area contributed by atoms with Gasteiger partial charge < -0.3 is 4.57 Å². The van der Waals surface area contributed by atoms with Gasteiger partial charge in [0, 0.05) is 63.9 Å². The Labute approximate surface area is 330 Å². The molecule has 0 N–H and O–H groups in total. The molecule has 0 aliphatic rings. The smallest absolute Gasteiger partial charge is 0.235 e. The molecule has 4 heterocycles. The van der Waals surface area contributed by atoms with Gasteiger partial charge in [-0.25, -0.2) is 9.97 Å². The van der Waals surface area contributed by atoms with Crippen LogP contribution in [0.1, 0.15) is 0 Å². The van der Waals surface area contributed by atoms with Crippen LogP contribution < -0.4 is 0 Å². The van der Waals surface area contributed by atoms with Crippen LogP contribution in [0.3, 0.4) is 0 Å². The number of rotatable bonds is 4. The van der Waals surface area contributed by atoms with Crippen LogP contribution >= 0.6 is 11.3 Å². The van der Waals surface area contributed by atoms with Gasteiger partial charge in [0.1, 0.15) is 0 Å². The number of benzene rings is 9. The summed E-state index contributed by atoms with van der Waals surface area (Å²) >= 11 is 1.84. The van der Waals surface area contributed by atoms with Gasteiger partial charge in [0.05, 0.1) is 33.5 Å². The second-order valence-electron chi connectivity index (χ2n) is 14.9. The molecule has 5 heteroatoms. The molecule has 0 spiro atoms. The normalized spacial score (nSPS) is 12.2. The van der Waals surface area contributed by atoms with Crippen molar-refractivity contribution in [3.8, 4) is 34.2 Å². The maximum absolute atomic E-state index is 5.51. The van der Waals surface area contributed by atoms with Gasteiger partial charge in [-0.05, 0) is 70.8 Å². The van der Waals surface area contributed by atoms with Crippen molar-refractivity contribution in [1.82, 2.24) is 19.1 Å². The second-order valence-corrected chi connectivity index (χ2v) is 16.0. The predicted molar refractivity (Wildman–Crippen MR) is 241 cm³/mol. The van der Waals surface area contributed by atoms with Crippen molar-refractivity contribution in [3.05, 3.63) is 182 Å². The van der Waals surface area contributed by atoms with E-state index in [1.807, 2.05) is 11.3 Å². The van der Waals surface area contributed by atoms with Gasteiger partial charge >= 0.3 is 0 Å². The molecule has 0 aliphatic carbocycles. The van der Waals surface area contributed by atoms with Crippen LogP contribution in [0.4, 0.5) is 0 Å². The lowest BCUT2D eigenvalue weighted by Gasteiger charge is -2.13. The Balaban J connectivity index is 1.20. The first-order chi connectivity index (χ1) is 28.3. The maximum Gasteiger partial charge on any atom is 0.235 e. The first kappa shape index (κ1) is 30.9. The molecule has 0 amide bonds. The fourth-order valence-corrected chi connectivity index (χ4v) is 10.6. The molecule has 0 bridgehead atoms. The highest BCUT2D eigenvalue weighted by Crippen LogP contribution is 2.49. The molecule has 4 aromatic heterocycles. The molecular formula is C52H30N4S. The van der Waals surface area contributed by atoms with Crippen LogP contribution in [-0.4, -0.2) is 19.1 Å². The first-order valence-corrected chi connectivity index (χ1v) is 20.2. The zero-order valence-corrected chi connectivity index (χ0v) is 31.3. The highest BCUT2D eigenvalue weighted by molar-refractivity contribution is 7.25. The molecule has 0 radical (unpaired) electrons. The SMILES string of the molecule is c1ccc(-c2cc(-c3ccc4sc5ccccc5c4c3)nc(-n3c4ccccc4c4c5c6ccccc6c6cccc7c6c5c(cc43)n7-c3ccccc3)n2)cc1. The van der Waals surface area contributed by atoms with E-state index in [-0.39, 0.29) is 0 Å². The number of hydrogen-bond acceptors (Lipinski definition) is 3. The molecule has 0 saturated heterocycles. The van der Waals surface area contributed by atoms with E-state index >= 15 is 0 Å². The third kappa shape index (κ3) is 4.32. The van der Waals surface area contributed by atoms with Gasteiger partial charge in [-0.2, -0.15) is 0 Å². The van der Waals surface area contributed by atoms with Crippen molar-refractivity contribution >= 4 is 96.7 Å². The van der Waals surface area contributed by atoms with Gasteiger partial charge in [-0.15, -0.1) is 11.3 Å². The number of fused-ring (bicyclic) bond motifs is 10. The van der Waals surface area contributed by atoms with Crippen molar-refractivity contribution < 1.29 is 0 Å². The average molecular weight is 743 g/mol. The molecule has 13 rings (SSSR count). The topological polar surface area (TPSA) is 35.6 Å². The fourth-order valence-electron chi connectivity index (χ4n) is 9.49. The summed E-state index contributed by atoms with van der Waals surface area (Å²) in [5.74, 6) is 0.645. The molecule has 264 valence electrons. The molecule has 9 aromatic carbocycles. The van der Waals surface area contributed by atoms with Gasteiger partial charge in [-0.3, -0.25) is 4.57 Å². The van der Waals surface area contributed by atoms with Crippen LogP contribution in [0.25, 0.3) is 119 Å². The Hall–Kier alpha value is -7.34. The van der Waals surface area contributed by atoms with E-state index < -0.39 is 0 Å². The molecule has 0 atom stereocenters. The van der Waals surface area contributed by atoms with Crippen LogP contribution in [-0.2, 0) is 0 Å². The number of aromatic nitrogens is 4. The largest absolute Gasteiger partial charge is 0.309 e. The third-order valence-electron chi connectivity index (χ3n) is 11.9. The predicted octanol–water partition coefficient (Wildman–Crippen LogP) is 14.1. The molecule has 4 nitrogen and oxygen atoms in total. The molecular weight excluding hydrogens is 713 g/mol. The summed E-state index contributed by atoms with van der Waals surface area (Å²) in [4.78, 5) is 10.9. The number of para-hydroxylation sites is 2. The summed E-state index contributed by atoms with van der Waals surface area (Å²) in [6, 6.07) is 65.7. The molecule has 0 saturated carbocycles. The number of hydrogen-bond donors (Lipinski definition) is 0. The van der Waals surface area contributed by atoms with E-state index in [1.54, 1.807) is 0 Å². The molecule has 0 aliphatic heterocycles. The van der Waals surface area contributed by atoms with E-state index in [0.29, 0.717) is 5.95 Å². The monoisotopic (exact) mass is 742 g/mol. The Morgan fingerprint density at radius 2 is 0.930 bits per heavy atom. The van der Waals surface area contributed by atoms with Crippen molar-refractivity contribution in [2.24, 2.45) is 0 Å². The summed E-state index contributed by atoms with van der Waals surface area (Å²) in [5, 5.41) is 12.5. The molecule has 0 unspecified atom stereocenters. The van der Waals surface area contributed by atoms with Gasteiger partial charge in [0.15, 0.2) is 0 Å². The Kier molecular flexibility index (Phi) is 6.29.